The topological polar surface area (TPSA) is 154 Å². The van der Waals surface area contributed by atoms with Crippen LogP contribution >= 0.6 is 0 Å². The molecule has 0 aliphatic rings. The molecule has 0 aromatic carbocycles. The van der Waals surface area contributed by atoms with Crippen molar-refractivity contribution in [2.24, 2.45) is 0 Å². The summed E-state index contributed by atoms with van der Waals surface area (Å²) in [5.41, 5.74) is 0. The Labute approximate surface area is 331 Å². The Morgan fingerprint density at radius 2 is 0.685 bits per heavy atom. The van der Waals surface area contributed by atoms with Crippen molar-refractivity contribution < 1.29 is 53.6 Å². The number of aliphatic hydroxyl groups is 5. The molecule has 0 amide bonds. The molecule has 0 heterocycles. The molecule has 0 saturated carbocycles. The van der Waals surface area contributed by atoms with Gasteiger partial charge in [0.05, 0.1) is 26.4 Å². The second kappa shape index (κ2) is 37.2. The molecule has 0 fully saturated rings. The van der Waals surface area contributed by atoms with Crippen molar-refractivity contribution in [1.82, 2.24) is 0 Å². The van der Waals surface area contributed by atoms with E-state index in [-0.39, 0.29) is 99.8 Å². The monoisotopic (exact) mass is 777 g/mol. The van der Waals surface area contributed by atoms with Crippen LogP contribution in [0.25, 0.3) is 0 Å². The van der Waals surface area contributed by atoms with Crippen molar-refractivity contribution in [3.05, 3.63) is 0 Å². The van der Waals surface area contributed by atoms with Gasteiger partial charge in [0.1, 0.15) is 65.6 Å². The molecule has 0 radical (unpaired) electrons. The maximum absolute atomic E-state index is 12.5. The van der Waals surface area contributed by atoms with Gasteiger partial charge in [-0.1, -0.05) is 142 Å². The van der Waals surface area contributed by atoms with E-state index in [9.17, 15) is 35.1 Å². The fourth-order valence-electron chi connectivity index (χ4n) is 7.74. The molecule has 11 nitrogen and oxygen atoms in total. The Bertz CT molecular complexity index is 770. The third-order valence-corrected chi connectivity index (χ3v) is 11.1. The SMILES string of the molecule is CCCCCCCCCCCCCC(=O)OCC[N+](CCO)(CCO)CC(O)C[N+](CCO)(CCO)CCOC(=O)CCCCCCCCCCCCC. The van der Waals surface area contributed by atoms with Crippen molar-refractivity contribution in [1.29, 1.82) is 0 Å². The first-order valence-electron chi connectivity index (χ1n) is 22.4. The van der Waals surface area contributed by atoms with Gasteiger partial charge in [-0.25, -0.2) is 0 Å². The number of esters is 2. The molecule has 322 valence electrons. The lowest BCUT2D eigenvalue weighted by Crippen LogP contribution is -2.62. The zero-order valence-electron chi connectivity index (χ0n) is 35.2. The van der Waals surface area contributed by atoms with Crippen LogP contribution in [0, 0.1) is 0 Å². The van der Waals surface area contributed by atoms with E-state index >= 15 is 0 Å². The molecule has 0 spiro atoms. The van der Waals surface area contributed by atoms with E-state index in [0.717, 1.165) is 38.5 Å². The molecule has 0 aliphatic heterocycles. The largest absolute Gasteiger partial charge is 0.460 e. The number of nitrogens with zero attached hydrogens (tertiary/aromatic N) is 2. The van der Waals surface area contributed by atoms with Crippen LogP contribution in [0.5, 0.6) is 0 Å². The van der Waals surface area contributed by atoms with E-state index in [2.05, 4.69) is 13.8 Å². The third-order valence-electron chi connectivity index (χ3n) is 11.1. The molecule has 0 bridgehead atoms. The van der Waals surface area contributed by atoms with Crippen molar-refractivity contribution in [2.45, 2.75) is 174 Å². The molecule has 0 atom stereocenters. The quantitative estimate of drug-likeness (QED) is 0.0268. The van der Waals surface area contributed by atoms with E-state index in [1.807, 2.05) is 0 Å². The van der Waals surface area contributed by atoms with Gasteiger partial charge in [0.2, 0.25) is 0 Å². The highest BCUT2D eigenvalue weighted by atomic mass is 16.5. The van der Waals surface area contributed by atoms with Crippen LogP contribution in [0.15, 0.2) is 0 Å². The van der Waals surface area contributed by atoms with Crippen LogP contribution < -0.4 is 0 Å². The first-order valence-corrected chi connectivity index (χ1v) is 22.4. The van der Waals surface area contributed by atoms with Crippen molar-refractivity contribution >= 4 is 11.9 Å². The molecule has 0 aliphatic carbocycles. The number of aliphatic hydroxyl groups excluding tert-OH is 5. The summed E-state index contributed by atoms with van der Waals surface area (Å²) in [7, 11) is 0. The molecule has 54 heavy (non-hydrogen) atoms. The fourth-order valence-corrected chi connectivity index (χ4v) is 7.74. The van der Waals surface area contributed by atoms with Crippen LogP contribution in [-0.4, -0.2) is 145 Å². The minimum atomic E-state index is -0.916. The molecule has 5 N–H and O–H groups in total. The van der Waals surface area contributed by atoms with Crippen LogP contribution in [-0.2, 0) is 19.1 Å². The molecule has 0 saturated heterocycles. The van der Waals surface area contributed by atoms with Gasteiger partial charge in [-0.2, -0.15) is 0 Å². The van der Waals surface area contributed by atoms with Gasteiger partial charge in [-0.3, -0.25) is 9.59 Å². The molecule has 11 heteroatoms. The minimum absolute atomic E-state index is 0.117. The normalized spacial score (nSPS) is 12.1. The lowest BCUT2D eigenvalue weighted by Gasteiger charge is -2.43. The van der Waals surface area contributed by atoms with Gasteiger partial charge in [0.15, 0.2) is 6.10 Å². The highest BCUT2D eigenvalue weighted by Crippen LogP contribution is 2.17. The number of carbonyl (C=O) groups excluding carboxylic acids is 2. The van der Waals surface area contributed by atoms with E-state index in [1.165, 1.54) is 103 Å². The Kier molecular flexibility index (Phi) is 36.3. The Balaban J connectivity index is 4.76. The van der Waals surface area contributed by atoms with Crippen molar-refractivity contribution in [3.8, 4) is 0 Å². The highest BCUT2D eigenvalue weighted by Gasteiger charge is 2.36. The summed E-state index contributed by atoms with van der Waals surface area (Å²) in [6.45, 7) is 6.16. The Morgan fingerprint density at radius 1 is 0.426 bits per heavy atom. The summed E-state index contributed by atoms with van der Waals surface area (Å²) in [6.07, 6.45) is 26.4. The van der Waals surface area contributed by atoms with Gasteiger partial charge in [0.25, 0.3) is 0 Å². The standard InChI is InChI=1S/C43H88N2O9/c1-3-5-7-9-11-13-15-17-19-21-23-25-42(51)53-37-31-44(27-33-46,28-34-47)39-41(50)40-45(29-35-48,30-36-49)32-38-54-43(52)26-24-22-20-18-16-14-12-10-8-6-4-2/h41,46-50H,3-40H2,1-2H3/q+2. The Morgan fingerprint density at radius 3 is 0.944 bits per heavy atom. The zero-order valence-corrected chi connectivity index (χ0v) is 35.2. The lowest BCUT2D eigenvalue weighted by molar-refractivity contribution is -0.951. The number of hydrogen-bond donors (Lipinski definition) is 5. The van der Waals surface area contributed by atoms with Gasteiger partial charge in [-0.05, 0) is 12.8 Å². The summed E-state index contributed by atoms with van der Waals surface area (Å²) in [4.78, 5) is 25.0. The van der Waals surface area contributed by atoms with Gasteiger partial charge in [0, 0.05) is 12.8 Å². The highest BCUT2D eigenvalue weighted by molar-refractivity contribution is 5.69. The van der Waals surface area contributed by atoms with E-state index < -0.39 is 6.10 Å². The smallest absolute Gasteiger partial charge is 0.305 e. The van der Waals surface area contributed by atoms with Crippen LogP contribution in [0.2, 0.25) is 0 Å². The molecule has 0 aromatic rings. The van der Waals surface area contributed by atoms with Gasteiger partial charge >= 0.3 is 11.9 Å². The molecular weight excluding hydrogens is 688 g/mol. The molecular formula is C43H88N2O9+2. The van der Waals surface area contributed by atoms with Crippen LogP contribution in [0.3, 0.4) is 0 Å². The number of carbonyl (C=O) groups is 2. The maximum atomic E-state index is 12.5. The fraction of sp³-hybridized carbons (Fsp3) is 0.953. The first-order chi connectivity index (χ1) is 26.3. The van der Waals surface area contributed by atoms with Crippen LogP contribution in [0.1, 0.15) is 168 Å². The number of unbranched alkanes of at least 4 members (excludes halogenated alkanes) is 20. The third kappa shape index (κ3) is 29.9. The number of ether oxygens (including phenoxy) is 2. The van der Waals surface area contributed by atoms with E-state index in [0.29, 0.717) is 25.9 Å². The predicted molar refractivity (Wildman–Crippen MR) is 218 cm³/mol. The van der Waals surface area contributed by atoms with Gasteiger partial charge < -0.3 is 44.0 Å². The van der Waals surface area contributed by atoms with Crippen molar-refractivity contribution in [3.63, 3.8) is 0 Å². The molecule has 0 aromatic heterocycles. The lowest BCUT2D eigenvalue weighted by atomic mass is 10.1. The average molecular weight is 777 g/mol. The van der Waals surface area contributed by atoms with E-state index in [4.69, 9.17) is 9.47 Å². The predicted octanol–water partition coefficient (Wildman–Crippen LogP) is 6.44. The summed E-state index contributed by atoms with van der Waals surface area (Å²) < 4.78 is 11.5. The number of hydrogen-bond acceptors (Lipinski definition) is 9. The summed E-state index contributed by atoms with van der Waals surface area (Å²) >= 11 is 0. The Hall–Kier alpha value is -1.34. The minimum Gasteiger partial charge on any atom is -0.460 e. The van der Waals surface area contributed by atoms with Crippen LogP contribution in [0.4, 0.5) is 0 Å². The first kappa shape index (κ1) is 52.7. The zero-order chi connectivity index (χ0) is 40.0. The number of quaternary nitrogens is 2. The summed E-state index contributed by atoms with van der Waals surface area (Å²) in [5, 5.41) is 51.2. The molecule has 0 rings (SSSR count). The van der Waals surface area contributed by atoms with Crippen molar-refractivity contribution in [2.75, 3.05) is 92.0 Å². The second-order valence-corrected chi connectivity index (χ2v) is 16.0. The summed E-state index contributed by atoms with van der Waals surface area (Å²) in [6, 6.07) is 0. The van der Waals surface area contributed by atoms with E-state index in [1.54, 1.807) is 0 Å². The summed E-state index contributed by atoms with van der Waals surface area (Å²) in [5.74, 6) is -0.505. The molecule has 0 unspecified atom stereocenters. The maximum Gasteiger partial charge on any atom is 0.305 e. The number of rotatable bonds is 42. The second-order valence-electron chi connectivity index (χ2n) is 16.0. The van der Waals surface area contributed by atoms with Gasteiger partial charge in [-0.15, -0.1) is 0 Å². The average Bonchev–Trinajstić information content (AvgIpc) is 3.13.